The Morgan fingerprint density at radius 3 is 2.29 bits per heavy atom. The minimum atomic E-state index is -0.337. The molecular weight excluding hydrogens is 304 g/mol. The predicted octanol–water partition coefficient (Wildman–Crippen LogP) is 3.10. The molecule has 1 unspecified atom stereocenters. The molecule has 0 bridgehead atoms. The Hall–Kier alpha value is -1.88. The van der Waals surface area contributed by atoms with Crippen molar-refractivity contribution in [3.8, 4) is 0 Å². The highest BCUT2D eigenvalue weighted by Gasteiger charge is 2.18. The van der Waals surface area contributed by atoms with E-state index in [1.165, 1.54) is 13.5 Å². The molecule has 1 amide bonds. The summed E-state index contributed by atoms with van der Waals surface area (Å²) in [6.45, 7) is 0.753. The third-order valence-electron chi connectivity index (χ3n) is 3.99. The maximum atomic E-state index is 12.2. The van der Waals surface area contributed by atoms with E-state index < -0.39 is 0 Å². The van der Waals surface area contributed by atoms with Crippen molar-refractivity contribution in [2.45, 2.75) is 57.4 Å². The number of ether oxygens (including phenoxy) is 1. The smallest absolute Gasteiger partial charge is 0.307 e. The fourth-order valence-electron chi connectivity index (χ4n) is 2.59. The summed E-state index contributed by atoms with van der Waals surface area (Å²) in [5, 5.41) is 2.95. The molecule has 0 heterocycles. The molecule has 0 fully saturated rings. The second-order valence-corrected chi connectivity index (χ2v) is 5.97. The van der Waals surface area contributed by atoms with Crippen LogP contribution in [0.25, 0.3) is 0 Å². The van der Waals surface area contributed by atoms with Gasteiger partial charge in [0, 0.05) is 6.42 Å². The van der Waals surface area contributed by atoms with Gasteiger partial charge in [-0.25, -0.2) is 0 Å². The molecule has 5 nitrogen and oxygen atoms in total. The fourth-order valence-corrected chi connectivity index (χ4v) is 2.59. The monoisotopic (exact) mass is 334 g/mol. The Kier molecular flexibility index (Phi) is 10.5. The third-order valence-corrected chi connectivity index (χ3v) is 3.99. The Morgan fingerprint density at radius 2 is 1.67 bits per heavy atom. The molecule has 0 aliphatic heterocycles. The normalized spacial score (nSPS) is 11.8. The summed E-state index contributed by atoms with van der Waals surface area (Å²) in [4.78, 5) is 23.7. The first-order chi connectivity index (χ1) is 11.7. The lowest BCUT2D eigenvalue weighted by atomic mass is 10.0. The molecule has 24 heavy (non-hydrogen) atoms. The molecule has 0 radical (unpaired) electrons. The van der Waals surface area contributed by atoms with Gasteiger partial charge in [-0.05, 0) is 24.9 Å². The van der Waals surface area contributed by atoms with E-state index in [0.29, 0.717) is 6.42 Å². The number of nitrogens with two attached hydrogens (primary N) is 1. The van der Waals surface area contributed by atoms with Gasteiger partial charge >= 0.3 is 5.97 Å². The van der Waals surface area contributed by atoms with Crippen LogP contribution < -0.4 is 11.1 Å². The van der Waals surface area contributed by atoms with Crippen molar-refractivity contribution in [2.75, 3.05) is 13.7 Å². The second kappa shape index (κ2) is 12.5. The molecule has 1 atom stereocenters. The highest BCUT2D eigenvalue weighted by molar-refractivity contribution is 5.78. The Bertz CT molecular complexity index is 477. The van der Waals surface area contributed by atoms with Gasteiger partial charge in [-0.1, -0.05) is 56.0 Å². The van der Waals surface area contributed by atoms with Gasteiger partial charge < -0.3 is 15.8 Å². The molecule has 3 N–H and O–H groups in total. The summed E-state index contributed by atoms with van der Waals surface area (Å²) in [6, 6.07) is 9.18. The number of hydrogen-bond acceptors (Lipinski definition) is 4. The maximum Gasteiger partial charge on any atom is 0.307 e. The molecule has 0 aliphatic carbocycles. The summed E-state index contributed by atoms with van der Waals surface area (Å²) in [7, 11) is 1.36. The van der Waals surface area contributed by atoms with Gasteiger partial charge in [0.2, 0.25) is 5.91 Å². The first-order valence-corrected chi connectivity index (χ1v) is 8.78. The van der Waals surface area contributed by atoms with Crippen molar-refractivity contribution < 1.29 is 14.3 Å². The number of amides is 1. The van der Waals surface area contributed by atoms with E-state index in [1.807, 2.05) is 30.3 Å². The van der Waals surface area contributed by atoms with E-state index in [1.54, 1.807) is 0 Å². The van der Waals surface area contributed by atoms with Crippen LogP contribution in [0.5, 0.6) is 0 Å². The first kappa shape index (κ1) is 20.2. The molecule has 134 valence electrons. The molecule has 1 aromatic carbocycles. The van der Waals surface area contributed by atoms with Gasteiger partial charge in [-0.2, -0.15) is 0 Å². The van der Waals surface area contributed by atoms with Crippen LogP contribution in [-0.4, -0.2) is 25.5 Å². The number of carbonyl (C=O) groups is 2. The average molecular weight is 334 g/mol. The topological polar surface area (TPSA) is 81.4 Å². The average Bonchev–Trinajstić information content (AvgIpc) is 2.61. The van der Waals surface area contributed by atoms with E-state index in [0.717, 1.165) is 44.2 Å². The lowest BCUT2D eigenvalue weighted by Gasteiger charge is -2.18. The van der Waals surface area contributed by atoms with E-state index in [9.17, 15) is 9.59 Å². The molecular formula is C19H30N2O3. The van der Waals surface area contributed by atoms with Crippen LogP contribution in [0.2, 0.25) is 0 Å². The zero-order valence-corrected chi connectivity index (χ0v) is 14.6. The molecule has 1 rings (SSSR count). The van der Waals surface area contributed by atoms with Crippen molar-refractivity contribution in [3.63, 3.8) is 0 Å². The number of nitrogens with one attached hydrogen (secondary N) is 1. The number of benzene rings is 1. The third kappa shape index (κ3) is 8.67. The number of carbonyl (C=O) groups excluding carboxylic acids is 2. The Labute approximate surface area is 145 Å². The predicted molar refractivity (Wildman–Crippen MR) is 95.3 cm³/mol. The van der Waals surface area contributed by atoms with E-state index >= 15 is 0 Å². The van der Waals surface area contributed by atoms with E-state index in [2.05, 4.69) is 5.32 Å². The minimum Gasteiger partial charge on any atom is -0.469 e. The SMILES string of the molecule is COC(=O)CC(NC(=O)CCCCCCCCN)c1ccccc1. The van der Waals surface area contributed by atoms with Crippen molar-refractivity contribution in [1.29, 1.82) is 0 Å². The summed E-state index contributed by atoms with van der Waals surface area (Å²) in [6.07, 6.45) is 7.10. The summed E-state index contributed by atoms with van der Waals surface area (Å²) >= 11 is 0. The van der Waals surface area contributed by atoms with Gasteiger partial charge in [0.05, 0.1) is 19.6 Å². The number of unbranched alkanes of at least 4 members (excludes halogenated alkanes) is 5. The van der Waals surface area contributed by atoms with Crippen LogP contribution in [0.4, 0.5) is 0 Å². The number of esters is 1. The Morgan fingerprint density at radius 1 is 1.04 bits per heavy atom. The molecule has 0 spiro atoms. The zero-order valence-electron chi connectivity index (χ0n) is 14.6. The molecule has 0 aromatic heterocycles. The van der Waals surface area contributed by atoms with Crippen molar-refractivity contribution >= 4 is 11.9 Å². The van der Waals surface area contributed by atoms with Crippen LogP contribution in [0.3, 0.4) is 0 Å². The number of hydrogen-bond donors (Lipinski definition) is 2. The van der Waals surface area contributed by atoms with E-state index in [-0.39, 0.29) is 24.3 Å². The van der Waals surface area contributed by atoms with Crippen molar-refractivity contribution in [1.82, 2.24) is 5.32 Å². The number of methoxy groups -OCH3 is 1. The lowest BCUT2D eigenvalue weighted by Crippen LogP contribution is -2.30. The van der Waals surface area contributed by atoms with Gasteiger partial charge in [0.1, 0.15) is 0 Å². The van der Waals surface area contributed by atoms with Crippen LogP contribution in [0.1, 0.15) is 63.0 Å². The number of rotatable bonds is 12. The lowest BCUT2D eigenvalue weighted by molar-refractivity contribution is -0.141. The standard InChI is InChI=1S/C19H30N2O3/c1-24-19(23)15-17(16-11-7-6-8-12-16)21-18(22)13-9-4-2-3-5-10-14-20/h6-8,11-12,17H,2-5,9-10,13-15,20H2,1H3,(H,21,22). The largest absolute Gasteiger partial charge is 0.469 e. The van der Waals surface area contributed by atoms with Crippen molar-refractivity contribution in [2.24, 2.45) is 5.73 Å². The van der Waals surface area contributed by atoms with Gasteiger partial charge in [0.15, 0.2) is 0 Å². The van der Waals surface area contributed by atoms with Crippen LogP contribution >= 0.6 is 0 Å². The fraction of sp³-hybridized carbons (Fsp3) is 0.579. The van der Waals surface area contributed by atoms with Crippen LogP contribution in [0, 0.1) is 0 Å². The second-order valence-electron chi connectivity index (χ2n) is 5.97. The highest BCUT2D eigenvalue weighted by Crippen LogP contribution is 2.17. The molecule has 0 aliphatic rings. The van der Waals surface area contributed by atoms with E-state index in [4.69, 9.17) is 10.5 Å². The minimum absolute atomic E-state index is 0.0188. The molecule has 5 heteroatoms. The quantitative estimate of drug-likeness (QED) is 0.454. The van der Waals surface area contributed by atoms with Crippen LogP contribution in [0.15, 0.2) is 30.3 Å². The molecule has 0 saturated heterocycles. The Balaban J connectivity index is 2.37. The highest BCUT2D eigenvalue weighted by atomic mass is 16.5. The zero-order chi connectivity index (χ0) is 17.6. The van der Waals surface area contributed by atoms with Gasteiger partial charge in [-0.15, -0.1) is 0 Å². The van der Waals surface area contributed by atoms with Gasteiger partial charge in [-0.3, -0.25) is 9.59 Å². The molecule has 0 saturated carbocycles. The summed E-state index contributed by atoms with van der Waals surface area (Å²) < 4.78 is 4.73. The molecule has 1 aromatic rings. The maximum absolute atomic E-state index is 12.2. The van der Waals surface area contributed by atoms with Gasteiger partial charge in [0.25, 0.3) is 0 Å². The summed E-state index contributed by atoms with van der Waals surface area (Å²) in [5.74, 6) is -0.348. The van der Waals surface area contributed by atoms with Crippen molar-refractivity contribution in [3.05, 3.63) is 35.9 Å². The summed E-state index contributed by atoms with van der Waals surface area (Å²) in [5.41, 5.74) is 6.38. The first-order valence-electron chi connectivity index (χ1n) is 8.78. The van der Waals surface area contributed by atoms with Crippen LogP contribution in [-0.2, 0) is 14.3 Å².